The minimum atomic E-state index is -0.0659. The average molecular weight is 355 g/mol. The largest absolute Gasteiger partial charge is 0.373 e. The molecule has 2 aliphatic heterocycles. The lowest BCUT2D eigenvalue weighted by molar-refractivity contribution is 0.0261. The van der Waals surface area contributed by atoms with Crippen molar-refractivity contribution in [1.82, 2.24) is 15.2 Å². The van der Waals surface area contributed by atoms with E-state index in [-0.39, 0.29) is 12.0 Å². The summed E-state index contributed by atoms with van der Waals surface area (Å²) >= 11 is 0. The number of allylic oxidation sites excluding steroid dienone is 2. The van der Waals surface area contributed by atoms with Gasteiger partial charge in [-0.15, -0.1) is 0 Å². The van der Waals surface area contributed by atoms with Crippen molar-refractivity contribution in [3.05, 3.63) is 41.7 Å². The van der Waals surface area contributed by atoms with Gasteiger partial charge in [-0.3, -0.25) is 9.78 Å². The van der Waals surface area contributed by atoms with Crippen molar-refractivity contribution in [2.45, 2.75) is 44.3 Å². The fourth-order valence-electron chi connectivity index (χ4n) is 4.72. The Morgan fingerprint density at radius 1 is 1.23 bits per heavy atom. The van der Waals surface area contributed by atoms with Crippen molar-refractivity contribution in [2.75, 3.05) is 26.7 Å². The van der Waals surface area contributed by atoms with Gasteiger partial charge in [0, 0.05) is 50.6 Å². The average Bonchev–Trinajstić information content (AvgIpc) is 3.27. The molecule has 0 saturated carbocycles. The molecule has 5 heteroatoms. The number of hydrogen-bond acceptors (Lipinski definition) is 4. The van der Waals surface area contributed by atoms with Crippen LogP contribution in [0.2, 0.25) is 0 Å². The molecule has 26 heavy (non-hydrogen) atoms. The highest BCUT2D eigenvalue weighted by atomic mass is 16.5. The Labute approximate surface area is 155 Å². The zero-order valence-electron chi connectivity index (χ0n) is 15.6. The normalized spacial score (nSPS) is 31.1. The number of amides is 1. The number of fused-ring (bicyclic) bond motifs is 1. The van der Waals surface area contributed by atoms with Crippen LogP contribution in [0, 0.1) is 11.8 Å². The smallest absolute Gasteiger partial charge is 0.251 e. The van der Waals surface area contributed by atoms with Gasteiger partial charge in [-0.1, -0.05) is 12.2 Å². The molecular weight excluding hydrogens is 326 g/mol. The van der Waals surface area contributed by atoms with E-state index >= 15 is 0 Å². The van der Waals surface area contributed by atoms with Gasteiger partial charge in [-0.05, 0) is 49.7 Å². The molecule has 1 aromatic heterocycles. The number of nitrogens with zero attached hydrogens (tertiary/aromatic N) is 2. The van der Waals surface area contributed by atoms with E-state index in [2.05, 4.69) is 27.4 Å². The summed E-state index contributed by atoms with van der Waals surface area (Å²) in [6, 6.07) is 3.63. The minimum absolute atomic E-state index is 0.0659. The number of likely N-dealkylation sites (tertiary alicyclic amines) is 1. The number of ether oxygens (including phenoxy) is 1. The number of hydrogen-bond donors (Lipinski definition) is 1. The number of pyridine rings is 1. The van der Waals surface area contributed by atoms with Gasteiger partial charge in [-0.25, -0.2) is 0 Å². The second-order valence-electron chi connectivity index (χ2n) is 7.96. The van der Waals surface area contributed by atoms with Gasteiger partial charge in [-0.2, -0.15) is 0 Å². The highest BCUT2D eigenvalue weighted by Crippen LogP contribution is 2.34. The Morgan fingerprint density at radius 2 is 1.96 bits per heavy atom. The first kappa shape index (κ1) is 17.7. The molecule has 5 nitrogen and oxygen atoms in total. The molecule has 1 aliphatic carbocycles. The maximum atomic E-state index is 11.8. The first-order valence-corrected chi connectivity index (χ1v) is 9.91. The molecule has 2 fully saturated rings. The second-order valence-corrected chi connectivity index (χ2v) is 7.96. The molecule has 1 N–H and O–H groups in total. The maximum absolute atomic E-state index is 11.8. The van der Waals surface area contributed by atoms with E-state index in [9.17, 15) is 4.79 Å². The monoisotopic (exact) mass is 355 g/mol. The molecule has 3 heterocycles. The topological polar surface area (TPSA) is 54.5 Å². The molecular formula is C21H29N3O2. The first-order chi connectivity index (χ1) is 12.7. The van der Waals surface area contributed by atoms with Gasteiger partial charge in [0.2, 0.25) is 0 Å². The molecule has 2 saturated heterocycles. The molecule has 1 aromatic rings. The van der Waals surface area contributed by atoms with Crippen LogP contribution in [-0.4, -0.2) is 54.7 Å². The third-order valence-corrected chi connectivity index (χ3v) is 6.10. The lowest BCUT2D eigenvalue weighted by atomic mass is 9.86. The van der Waals surface area contributed by atoms with E-state index in [4.69, 9.17) is 4.74 Å². The van der Waals surface area contributed by atoms with E-state index < -0.39 is 0 Å². The van der Waals surface area contributed by atoms with Gasteiger partial charge in [0.25, 0.3) is 5.91 Å². The fourth-order valence-corrected chi connectivity index (χ4v) is 4.72. The van der Waals surface area contributed by atoms with Gasteiger partial charge in [0.05, 0.1) is 12.2 Å². The number of nitrogens with one attached hydrogen (secondary N) is 1. The Morgan fingerprint density at radius 3 is 2.69 bits per heavy atom. The summed E-state index contributed by atoms with van der Waals surface area (Å²) < 4.78 is 6.31. The molecule has 4 atom stereocenters. The van der Waals surface area contributed by atoms with Gasteiger partial charge < -0.3 is 15.0 Å². The summed E-state index contributed by atoms with van der Waals surface area (Å²) in [4.78, 5) is 18.8. The number of carbonyl (C=O) groups is 1. The van der Waals surface area contributed by atoms with Crippen molar-refractivity contribution in [3.8, 4) is 0 Å². The van der Waals surface area contributed by atoms with Gasteiger partial charge in [0.1, 0.15) is 0 Å². The van der Waals surface area contributed by atoms with Crippen LogP contribution in [0.1, 0.15) is 41.7 Å². The summed E-state index contributed by atoms with van der Waals surface area (Å²) in [6.45, 7) is 3.53. The zero-order chi connectivity index (χ0) is 17.9. The van der Waals surface area contributed by atoms with Crippen LogP contribution >= 0.6 is 0 Å². The Hall–Kier alpha value is -1.72. The third-order valence-electron chi connectivity index (χ3n) is 6.10. The maximum Gasteiger partial charge on any atom is 0.251 e. The van der Waals surface area contributed by atoms with Crippen LogP contribution in [0.3, 0.4) is 0 Å². The van der Waals surface area contributed by atoms with Crippen LogP contribution in [0.25, 0.3) is 0 Å². The molecule has 140 valence electrons. The SMILES string of the molecule is CNC(=O)c1ccnc(C[C@@H]2CC[C@H](CN3C[C@H]4CC=CC[C@H]4C3)O2)c1. The fraction of sp³-hybridized carbons (Fsp3) is 0.619. The van der Waals surface area contributed by atoms with E-state index in [1.165, 1.54) is 25.9 Å². The molecule has 0 spiro atoms. The van der Waals surface area contributed by atoms with Gasteiger partial charge >= 0.3 is 0 Å². The molecule has 4 rings (SSSR count). The summed E-state index contributed by atoms with van der Waals surface area (Å²) in [7, 11) is 1.65. The van der Waals surface area contributed by atoms with E-state index in [0.717, 1.165) is 43.3 Å². The second kappa shape index (κ2) is 7.89. The number of rotatable bonds is 5. The summed E-state index contributed by atoms with van der Waals surface area (Å²) in [6.07, 6.45) is 12.5. The Balaban J connectivity index is 1.27. The number of carbonyl (C=O) groups excluding carboxylic acids is 1. The molecule has 0 radical (unpaired) electrons. The highest BCUT2D eigenvalue weighted by molar-refractivity contribution is 5.93. The van der Waals surface area contributed by atoms with Crippen molar-refractivity contribution >= 4 is 5.91 Å². The molecule has 1 amide bonds. The zero-order valence-corrected chi connectivity index (χ0v) is 15.6. The molecule has 0 bridgehead atoms. The minimum Gasteiger partial charge on any atom is -0.373 e. The highest BCUT2D eigenvalue weighted by Gasteiger charge is 2.35. The van der Waals surface area contributed by atoms with Crippen molar-refractivity contribution in [2.24, 2.45) is 11.8 Å². The predicted molar refractivity (Wildman–Crippen MR) is 101 cm³/mol. The molecule has 0 unspecified atom stereocenters. The van der Waals surface area contributed by atoms with E-state index in [1.807, 2.05) is 6.07 Å². The van der Waals surface area contributed by atoms with E-state index in [1.54, 1.807) is 19.3 Å². The first-order valence-electron chi connectivity index (χ1n) is 9.91. The quantitative estimate of drug-likeness (QED) is 0.824. The summed E-state index contributed by atoms with van der Waals surface area (Å²) in [5.74, 6) is 1.64. The van der Waals surface area contributed by atoms with Crippen molar-refractivity contribution in [1.29, 1.82) is 0 Å². The Bertz CT molecular complexity index is 659. The standard InChI is InChI=1S/C21H29N3O2/c1-22-21(25)15-8-9-23-18(10-15)11-19-6-7-20(26-19)14-24-12-16-4-2-3-5-17(16)13-24/h2-3,8-10,16-17,19-20H,4-7,11-14H2,1H3,(H,22,25)/t16-,17+,19-,20+/m0/s1. The summed E-state index contributed by atoms with van der Waals surface area (Å²) in [5.41, 5.74) is 1.61. The van der Waals surface area contributed by atoms with Crippen molar-refractivity contribution < 1.29 is 9.53 Å². The van der Waals surface area contributed by atoms with Crippen LogP contribution in [0.15, 0.2) is 30.5 Å². The van der Waals surface area contributed by atoms with Gasteiger partial charge in [0.15, 0.2) is 0 Å². The lowest BCUT2D eigenvalue weighted by Gasteiger charge is -2.21. The predicted octanol–water partition coefficient (Wildman–Crippen LogP) is 2.43. The number of aromatic nitrogens is 1. The van der Waals surface area contributed by atoms with E-state index in [0.29, 0.717) is 11.7 Å². The van der Waals surface area contributed by atoms with Crippen molar-refractivity contribution in [3.63, 3.8) is 0 Å². The molecule has 0 aromatic carbocycles. The third kappa shape index (κ3) is 3.99. The molecule has 3 aliphatic rings. The summed E-state index contributed by atoms with van der Waals surface area (Å²) in [5, 5.41) is 2.66. The van der Waals surface area contributed by atoms with Crippen LogP contribution in [-0.2, 0) is 11.2 Å². The Kier molecular flexibility index (Phi) is 5.36. The lowest BCUT2D eigenvalue weighted by Crippen LogP contribution is -2.31. The van der Waals surface area contributed by atoms with Crippen LogP contribution in [0.4, 0.5) is 0 Å². The van der Waals surface area contributed by atoms with Crippen LogP contribution < -0.4 is 5.32 Å². The van der Waals surface area contributed by atoms with Crippen LogP contribution in [0.5, 0.6) is 0 Å².